The molecule has 1 N–H and O–H groups in total. The van der Waals surface area contributed by atoms with Gasteiger partial charge in [-0.15, -0.1) is 0 Å². The third-order valence-electron chi connectivity index (χ3n) is 3.07. The number of carbonyl (C=O) groups is 1. The van der Waals surface area contributed by atoms with E-state index in [2.05, 4.69) is 0 Å². The van der Waals surface area contributed by atoms with Gasteiger partial charge in [0.15, 0.2) is 0 Å². The Bertz CT molecular complexity index is 578. The van der Waals surface area contributed by atoms with Crippen LogP contribution in [-0.2, 0) is 17.8 Å². The number of hydrogen-bond donors (Lipinski definition) is 1. The molecule has 2 aromatic rings. The summed E-state index contributed by atoms with van der Waals surface area (Å²) in [5.41, 5.74) is 2.78. The molecule has 3 nitrogen and oxygen atoms in total. The Hall–Kier alpha value is -2.36. The van der Waals surface area contributed by atoms with Crippen LogP contribution in [0.1, 0.15) is 11.1 Å². The van der Waals surface area contributed by atoms with Gasteiger partial charge in [0.05, 0.1) is 6.42 Å². The van der Waals surface area contributed by atoms with Crippen molar-refractivity contribution in [1.29, 1.82) is 0 Å². The minimum Gasteiger partial charge on any atom is -0.481 e. The molecular formula is C16H16FNO2. The monoisotopic (exact) mass is 273 g/mol. The van der Waals surface area contributed by atoms with Gasteiger partial charge in [0, 0.05) is 19.3 Å². The molecule has 0 aliphatic rings. The van der Waals surface area contributed by atoms with E-state index < -0.39 is 5.97 Å². The lowest BCUT2D eigenvalue weighted by Gasteiger charge is -2.19. The fourth-order valence-corrected chi connectivity index (χ4v) is 2.00. The smallest absolute Gasteiger partial charge is 0.307 e. The van der Waals surface area contributed by atoms with Gasteiger partial charge >= 0.3 is 5.97 Å². The molecule has 0 unspecified atom stereocenters. The van der Waals surface area contributed by atoms with Crippen molar-refractivity contribution in [1.82, 2.24) is 0 Å². The summed E-state index contributed by atoms with van der Waals surface area (Å²) in [6, 6.07) is 13.8. The number of nitrogens with zero attached hydrogens (tertiary/aromatic N) is 1. The molecule has 0 atom stereocenters. The highest BCUT2D eigenvalue weighted by molar-refractivity contribution is 5.70. The first-order chi connectivity index (χ1) is 9.54. The zero-order chi connectivity index (χ0) is 14.5. The summed E-state index contributed by atoms with van der Waals surface area (Å²) in [7, 11) is 1.94. The van der Waals surface area contributed by atoms with Crippen LogP contribution < -0.4 is 4.90 Å². The molecule has 0 fully saturated rings. The van der Waals surface area contributed by atoms with Gasteiger partial charge in [-0.1, -0.05) is 24.3 Å². The van der Waals surface area contributed by atoms with Crippen LogP contribution in [0, 0.1) is 5.82 Å². The van der Waals surface area contributed by atoms with E-state index in [9.17, 15) is 9.18 Å². The molecule has 0 aliphatic heterocycles. The lowest BCUT2D eigenvalue weighted by Crippen LogP contribution is -2.16. The van der Waals surface area contributed by atoms with Crippen molar-refractivity contribution in [2.75, 3.05) is 11.9 Å². The molecule has 104 valence electrons. The molecule has 0 aliphatic carbocycles. The first-order valence-electron chi connectivity index (χ1n) is 6.31. The summed E-state index contributed by atoms with van der Waals surface area (Å²) in [6.07, 6.45) is 0.0297. The van der Waals surface area contributed by atoms with Crippen molar-refractivity contribution >= 4 is 11.7 Å². The number of rotatable bonds is 5. The van der Waals surface area contributed by atoms with E-state index in [0.717, 1.165) is 16.8 Å². The second-order valence-electron chi connectivity index (χ2n) is 4.72. The first kappa shape index (κ1) is 14.1. The molecule has 20 heavy (non-hydrogen) atoms. The number of benzene rings is 2. The Morgan fingerprint density at radius 1 is 1.05 bits per heavy atom. The molecule has 0 spiro atoms. The average molecular weight is 273 g/mol. The summed E-state index contributed by atoms with van der Waals surface area (Å²) < 4.78 is 12.8. The van der Waals surface area contributed by atoms with E-state index in [1.807, 2.05) is 36.2 Å². The van der Waals surface area contributed by atoms with Crippen LogP contribution in [0.3, 0.4) is 0 Å². The minimum atomic E-state index is -0.836. The molecule has 0 heterocycles. The van der Waals surface area contributed by atoms with E-state index in [0.29, 0.717) is 6.54 Å². The number of hydrogen-bond acceptors (Lipinski definition) is 2. The third-order valence-corrected chi connectivity index (χ3v) is 3.07. The van der Waals surface area contributed by atoms with Crippen LogP contribution in [0.4, 0.5) is 10.1 Å². The molecule has 2 aromatic carbocycles. The van der Waals surface area contributed by atoms with Gasteiger partial charge in [0.2, 0.25) is 0 Å². The lowest BCUT2D eigenvalue weighted by atomic mass is 10.1. The van der Waals surface area contributed by atoms with Crippen LogP contribution in [0.2, 0.25) is 0 Å². The maximum absolute atomic E-state index is 12.8. The standard InChI is InChI=1S/C16H16FNO2/c1-18(11-13-2-6-14(17)7-3-13)15-8-4-12(5-9-15)10-16(19)20/h2-9H,10-11H2,1H3,(H,19,20). The van der Waals surface area contributed by atoms with E-state index in [1.165, 1.54) is 12.1 Å². The van der Waals surface area contributed by atoms with Gasteiger partial charge in [0.25, 0.3) is 0 Å². The Kier molecular flexibility index (Phi) is 4.35. The van der Waals surface area contributed by atoms with Crippen molar-refractivity contribution in [2.45, 2.75) is 13.0 Å². The topological polar surface area (TPSA) is 40.5 Å². The minimum absolute atomic E-state index is 0.0297. The Balaban J connectivity index is 2.03. The second-order valence-corrected chi connectivity index (χ2v) is 4.72. The van der Waals surface area contributed by atoms with Gasteiger partial charge < -0.3 is 10.0 Å². The number of carboxylic acid groups (broad SMARTS) is 1. The van der Waals surface area contributed by atoms with E-state index in [4.69, 9.17) is 5.11 Å². The Labute approximate surface area is 117 Å². The Morgan fingerprint density at radius 2 is 1.60 bits per heavy atom. The Morgan fingerprint density at radius 3 is 2.15 bits per heavy atom. The number of anilines is 1. The number of halogens is 1. The molecule has 0 radical (unpaired) electrons. The largest absolute Gasteiger partial charge is 0.481 e. The van der Waals surface area contributed by atoms with Crippen molar-refractivity contribution in [3.8, 4) is 0 Å². The van der Waals surface area contributed by atoms with E-state index >= 15 is 0 Å². The molecule has 0 bridgehead atoms. The van der Waals surface area contributed by atoms with Crippen molar-refractivity contribution < 1.29 is 14.3 Å². The first-order valence-corrected chi connectivity index (χ1v) is 6.31. The van der Waals surface area contributed by atoms with Crippen molar-refractivity contribution in [3.63, 3.8) is 0 Å². The fourth-order valence-electron chi connectivity index (χ4n) is 2.00. The summed E-state index contributed by atoms with van der Waals surface area (Å²) in [5, 5.41) is 8.72. The predicted octanol–water partition coefficient (Wildman–Crippen LogP) is 3.09. The highest BCUT2D eigenvalue weighted by Crippen LogP contribution is 2.17. The highest BCUT2D eigenvalue weighted by Gasteiger charge is 2.04. The normalized spacial score (nSPS) is 10.3. The van der Waals surface area contributed by atoms with Gasteiger partial charge in [-0.25, -0.2) is 4.39 Å². The zero-order valence-electron chi connectivity index (χ0n) is 11.2. The molecule has 0 aromatic heterocycles. The van der Waals surface area contributed by atoms with Crippen LogP contribution >= 0.6 is 0 Å². The number of aliphatic carboxylic acids is 1. The maximum atomic E-state index is 12.8. The zero-order valence-corrected chi connectivity index (χ0v) is 11.2. The molecule has 2 rings (SSSR count). The average Bonchev–Trinajstić information content (AvgIpc) is 2.41. The van der Waals surface area contributed by atoms with Gasteiger partial charge in [0.1, 0.15) is 5.82 Å². The SMILES string of the molecule is CN(Cc1ccc(F)cc1)c1ccc(CC(=O)O)cc1. The van der Waals surface area contributed by atoms with Crippen LogP contribution in [-0.4, -0.2) is 18.1 Å². The van der Waals surface area contributed by atoms with Gasteiger partial charge in [-0.05, 0) is 35.4 Å². The molecular weight excluding hydrogens is 257 g/mol. The van der Waals surface area contributed by atoms with Crippen LogP contribution in [0.15, 0.2) is 48.5 Å². The van der Waals surface area contributed by atoms with E-state index in [1.54, 1.807) is 12.1 Å². The van der Waals surface area contributed by atoms with E-state index in [-0.39, 0.29) is 12.2 Å². The van der Waals surface area contributed by atoms with Crippen LogP contribution in [0.25, 0.3) is 0 Å². The molecule has 0 saturated heterocycles. The number of carboxylic acids is 1. The predicted molar refractivity (Wildman–Crippen MR) is 76.3 cm³/mol. The summed E-state index contributed by atoms with van der Waals surface area (Å²) in [6.45, 7) is 0.665. The molecule has 0 saturated carbocycles. The van der Waals surface area contributed by atoms with Gasteiger partial charge in [-0.3, -0.25) is 4.79 Å². The van der Waals surface area contributed by atoms with Crippen molar-refractivity contribution in [2.24, 2.45) is 0 Å². The molecule has 0 amide bonds. The summed E-state index contributed by atoms with van der Waals surface area (Å²) in [4.78, 5) is 12.6. The summed E-state index contributed by atoms with van der Waals surface area (Å²) in [5.74, 6) is -1.08. The van der Waals surface area contributed by atoms with Gasteiger partial charge in [-0.2, -0.15) is 0 Å². The quantitative estimate of drug-likeness (QED) is 0.910. The fraction of sp³-hybridized carbons (Fsp3) is 0.188. The van der Waals surface area contributed by atoms with Crippen molar-refractivity contribution in [3.05, 3.63) is 65.5 Å². The maximum Gasteiger partial charge on any atom is 0.307 e. The third kappa shape index (κ3) is 3.82. The molecule has 4 heteroatoms. The second kappa shape index (κ2) is 6.19. The van der Waals surface area contributed by atoms with Crippen LogP contribution in [0.5, 0.6) is 0 Å². The summed E-state index contributed by atoms with van der Waals surface area (Å²) >= 11 is 0. The lowest BCUT2D eigenvalue weighted by molar-refractivity contribution is -0.136. The highest BCUT2D eigenvalue weighted by atomic mass is 19.1.